The van der Waals surface area contributed by atoms with Gasteiger partial charge in [-0.25, -0.2) is 13.4 Å². The highest BCUT2D eigenvalue weighted by Crippen LogP contribution is 2.24. The summed E-state index contributed by atoms with van der Waals surface area (Å²) in [4.78, 5) is 5.24. The van der Waals surface area contributed by atoms with E-state index in [1.807, 2.05) is 22.9 Å². The normalized spacial score (nSPS) is 12.1. The molecule has 0 spiro atoms. The van der Waals surface area contributed by atoms with Crippen LogP contribution in [0.2, 0.25) is 0 Å². The molecule has 0 saturated carbocycles. The van der Waals surface area contributed by atoms with Crippen molar-refractivity contribution < 1.29 is 8.42 Å². The van der Waals surface area contributed by atoms with Gasteiger partial charge in [-0.05, 0) is 24.6 Å². The fraction of sp³-hybridized carbons (Fsp3) is 0.154. The Bertz CT molecular complexity index is 850. The van der Waals surface area contributed by atoms with Gasteiger partial charge in [-0.15, -0.1) is 11.3 Å². The lowest BCUT2D eigenvalue weighted by Gasteiger charge is -2.06. The molecule has 0 aliphatic heterocycles. The summed E-state index contributed by atoms with van der Waals surface area (Å²) in [6.45, 7) is 1.87. The van der Waals surface area contributed by atoms with E-state index in [1.165, 1.54) is 11.3 Å². The summed E-state index contributed by atoms with van der Waals surface area (Å²) < 4.78 is 26.6. The van der Waals surface area contributed by atoms with Crippen LogP contribution in [0.25, 0.3) is 4.96 Å². The fourth-order valence-corrected chi connectivity index (χ4v) is 4.17. The number of nitrogens with two attached hydrogens (primary N) is 1. The summed E-state index contributed by atoms with van der Waals surface area (Å²) in [6, 6.07) is 4.96. The van der Waals surface area contributed by atoms with Gasteiger partial charge in [0.05, 0.1) is 22.0 Å². The summed E-state index contributed by atoms with van der Waals surface area (Å²) in [5, 5.41) is 1.90. The maximum atomic E-state index is 12.4. The van der Waals surface area contributed by atoms with Crippen molar-refractivity contribution >= 4 is 31.8 Å². The van der Waals surface area contributed by atoms with E-state index in [9.17, 15) is 8.42 Å². The van der Waals surface area contributed by atoms with Crippen molar-refractivity contribution in [2.24, 2.45) is 0 Å². The predicted molar refractivity (Wildman–Crippen MR) is 79.6 cm³/mol. The number of aromatic nitrogens is 2. The summed E-state index contributed by atoms with van der Waals surface area (Å²) in [5.74, 6) is -0.144. The van der Waals surface area contributed by atoms with Crippen molar-refractivity contribution in [3.63, 3.8) is 0 Å². The average Bonchev–Trinajstić information content (AvgIpc) is 2.87. The van der Waals surface area contributed by atoms with Crippen LogP contribution in [0.5, 0.6) is 0 Å². The van der Waals surface area contributed by atoms with Gasteiger partial charge < -0.3 is 5.73 Å². The second-order valence-corrected chi connectivity index (χ2v) is 7.46. The highest BCUT2D eigenvalue weighted by atomic mass is 32.2. The third-order valence-corrected chi connectivity index (χ3v) is 5.47. The molecule has 7 heteroatoms. The number of thiazole rings is 1. The number of hydrogen-bond acceptors (Lipinski definition) is 5. The Kier molecular flexibility index (Phi) is 3.02. The Hall–Kier alpha value is -1.86. The Balaban J connectivity index is 1.97. The molecule has 2 N–H and O–H groups in total. The van der Waals surface area contributed by atoms with E-state index >= 15 is 0 Å². The van der Waals surface area contributed by atoms with E-state index in [2.05, 4.69) is 4.98 Å². The molecule has 0 unspecified atom stereocenters. The third kappa shape index (κ3) is 2.30. The molecular weight excluding hydrogens is 294 g/mol. The number of aryl methyl sites for hydroxylation is 1. The van der Waals surface area contributed by atoms with Gasteiger partial charge in [0.1, 0.15) is 0 Å². The standard InChI is InChI=1S/C13H13N3O2S2/c1-9-2-3-12(11(14)6-9)20(17,18)8-10-7-16-4-5-19-13(16)15-10/h2-7H,8,14H2,1H3. The van der Waals surface area contributed by atoms with Crippen LogP contribution in [0, 0.1) is 6.92 Å². The first-order valence-electron chi connectivity index (χ1n) is 5.96. The number of nitrogens with zero attached hydrogens (tertiary/aromatic N) is 2. The quantitative estimate of drug-likeness (QED) is 0.753. The van der Waals surface area contributed by atoms with Crippen molar-refractivity contribution in [2.75, 3.05) is 5.73 Å². The maximum Gasteiger partial charge on any atom is 0.193 e. The van der Waals surface area contributed by atoms with Gasteiger partial charge in [0, 0.05) is 17.8 Å². The molecule has 3 aromatic rings. The van der Waals surface area contributed by atoms with Crippen molar-refractivity contribution in [3.8, 4) is 0 Å². The van der Waals surface area contributed by atoms with Crippen LogP contribution in [-0.2, 0) is 15.6 Å². The Morgan fingerprint density at radius 1 is 1.40 bits per heavy atom. The number of anilines is 1. The van der Waals surface area contributed by atoms with Gasteiger partial charge in [0.2, 0.25) is 0 Å². The second-order valence-electron chi connectivity index (χ2n) is 4.63. The molecule has 0 radical (unpaired) electrons. The van der Waals surface area contributed by atoms with E-state index in [0.29, 0.717) is 5.69 Å². The fourth-order valence-electron chi connectivity index (χ4n) is 2.07. The number of hydrogen-bond donors (Lipinski definition) is 1. The number of imidazole rings is 1. The number of fused-ring (bicyclic) bond motifs is 1. The Labute approximate surface area is 120 Å². The van der Waals surface area contributed by atoms with Gasteiger partial charge in [0.15, 0.2) is 14.8 Å². The van der Waals surface area contributed by atoms with Crippen LogP contribution in [0.4, 0.5) is 5.69 Å². The zero-order valence-corrected chi connectivity index (χ0v) is 12.4. The molecule has 0 aliphatic rings. The van der Waals surface area contributed by atoms with Crippen molar-refractivity contribution in [1.82, 2.24) is 9.38 Å². The van der Waals surface area contributed by atoms with Gasteiger partial charge >= 0.3 is 0 Å². The molecule has 0 bridgehead atoms. The first-order valence-corrected chi connectivity index (χ1v) is 8.49. The molecule has 5 nitrogen and oxygen atoms in total. The van der Waals surface area contributed by atoms with Crippen molar-refractivity contribution in [2.45, 2.75) is 17.6 Å². The molecule has 104 valence electrons. The second kappa shape index (κ2) is 4.60. The maximum absolute atomic E-state index is 12.4. The van der Waals surface area contributed by atoms with Crippen LogP contribution >= 0.6 is 11.3 Å². The molecule has 2 aromatic heterocycles. The van der Waals surface area contributed by atoms with Gasteiger partial charge in [0.25, 0.3) is 0 Å². The molecule has 0 amide bonds. The summed E-state index contributed by atoms with van der Waals surface area (Å²) >= 11 is 1.47. The molecule has 0 aliphatic carbocycles. The topological polar surface area (TPSA) is 77.5 Å². The largest absolute Gasteiger partial charge is 0.398 e. The van der Waals surface area contributed by atoms with Crippen LogP contribution in [0.3, 0.4) is 0 Å². The third-order valence-electron chi connectivity index (χ3n) is 2.98. The minimum atomic E-state index is -3.48. The average molecular weight is 307 g/mol. The van der Waals surface area contributed by atoms with Crippen molar-refractivity contribution in [1.29, 1.82) is 0 Å². The highest BCUT2D eigenvalue weighted by Gasteiger charge is 2.20. The van der Waals surface area contributed by atoms with Crippen LogP contribution in [0.15, 0.2) is 40.9 Å². The molecule has 0 atom stereocenters. The zero-order valence-electron chi connectivity index (χ0n) is 10.8. The molecule has 3 rings (SSSR count). The number of sulfone groups is 1. The molecule has 1 aromatic carbocycles. The Morgan fingerprint density at radius 3 is 2.90 bits per heavy atom. The van der Waals surface area contributed by atoms with E-state index in [0.717, 1.165) is 10.5 Å². The van der Waals surface area contributed by atoms with Gasteiger partial charge in [-0.2, -0.15) is 0 Å². The SMILES string of the molecule is Cc1ccc(S(=O)(=O)Cc2cn3ccsc3n2)c(N)c1. The zero-order chi connectivity index (χ0) is 14.3. The first kappa shape index (κ1) is 13.1. The summed E-state index contributed by atoms with van der Waals surface area (Å²) in [5.41, 5.74) is 7.56. The molecule has 0 saturated heterocycles. The highest BCUT2D eigenvalue weighted by molar-refractivity contribution is 7.90. The number of benzene rings is 1. The van der Waals surface area contributed by atoms with E-state index in [1.54, 1.807) is 24.4 Å². The van der Waals surface area contributed by atoms with Crippen LogP contribution < -0.4 is 5.73 Å². The Morgan fingerprint density at radius 2 is 2.20 bits per heavy atom. The lowest BCUT2D eigenvalue weighted by Crippen LogP contribution is -2.08. The summed E-state index contributed by atoms with van der Waals surface area (Å²) in [6.07, 6.45) is 3.58. The minimum absolute atomic E-state index is 0.144. The van der Waals surface area contributed by atoms with Crippen LogP contribution in [-0.4, -0.2) is 17.8 Å². The van der Waals surface area contributed by atoms with Crippen LogP contribution in [0.1, 0.15) is 11.3 Å². The predicted octanol–water partition coefficient (Wildman–Crippen LogP) is 2.26. The molecule has 0 fully saturated rings. The number of nitrogen functional groups attached to an aromatic ring is 1. The molecular formula is C13H13N3O2S2. The smallest absolute Gasteiger partial charge is 0.193 e. The van der Waals surface area contributed by atoms with Crippen molar-refractivity contribution in [3.05, 3.63) is 47.2 Å². The monoisotopic (exact) mass is 307 g/mol. The number of rotatable bonds is 3. The van der Waals surface area contributed by atoms with E-state index < -0.39 is 9.84 Å². The summed E-state index contributed by atoms with van der Waals surface area (Å²) in [7, 11) is -3.48. The van der Waals surface area contributed by atoms with E-state index in [4.69, 9.17) is 5.73 Å². The first-order chi connectivity index (χ1) is 9.45. The molecule has 2 heterocycles. The lowest BCUT2D eigenvalue weighted by atomic mass is 10.2. The minimum Gasteiger partial charge on any atom is -0.398 e. The molecule has 20 heavy (non-hydrogen) atoms. The van der Waals surface area contributed by atoms with E-state index in [-0.39, 0.29) is 16.3 Å². The lowest BCUT2D eigenvalue weighted by molar-refractivity contribution is 0.595. The van der Waals surface area contributed by atoms with Gasteiger partial charge in [-0.1, -0.05) is 6.07 Å². The van der Waals surface area contributed by atoms with Gasteiger partial charge in [-0.3, -0.25) is 4.40 Å².